The maximum atomic E-state index is 12.9. The molecule has 2 rings (SSSR count). The number of phosphoric ester groups is 2. The standard InChI is InChI=1S/C54H85N3O16P2/c1-3-5-7-9-11-12-13-14-15-16-17-18-19-23-26-30-34-38-49(59)68-42-46(71-50(60)39-35-31-27-24-21-20-22-25-29-33-37-45(58)36-32-28-10-8-6-4-2)43-69-74(64,65)73-75(66,67)70-44-47-51(61)52(62)53(72-47)57-41-40-48(55)56-54(57)63/h6,8,11-12,14-15,20-21,25,27-29,31-33,37,40-41,45-47,51-53,58,61-62H,3-5,7,9-10,13,16-19,22-24,26,30,34-36,38-39,42-44H2,1-2H3,(H,64,65)(H,66,67)(H2,55,56,63)/b8-6-,12-11-,15-14-,21-20-,29-25-,31-27-,32-28-,37-33+/t45?,46-,47-,51-,52-,53-/m1/s1. The van der Waals surface area contributed by atoms with Gasteiger partial charge in [-0.1, -0.05) is 156 Å². The Morgan fingerprint density at radius 3 is 1.97 bits per heavy atom. The summed E-state index contributed by atoms with van der Waals surface area (Å²) in [5.41, 5.74) is 4.58. The summed E-state index contributed by atoms with van der Waals surface area (Å²) < 4.78 is 56.7. The van der Waals surface area contributed by atoms with E-state index in [4.69, 9.17) is 29.0 Å². The minimum absolute atomic E-state index is 0.0866. The topological polar surface area (TPSA) is 286 Å². The minimum atomic E-state index is -5.46. The number of aromatic nitrogens is 2. The number of hydrogen-bond acceptors (Lipinski definition) is 16. The zero-order chi connectivity index (χ0) is 55.0. The van der Waals surface area contributed by atoms with E-state index in [1.807, 2.05) is 48.6 Å². The summed E-state index contributed by atoms with van der Waals surface area (Å²) >= 11 is 0. The highest BCUT2D eigenvalue weighted by atomic mass is 31.3. The second kappa shape index (κ2) is 40.8. The number of nitrogen functional groups attached to an aromatic ring is 1. The van der Waals surface area contributed by atoms with Gasteiger partial charge in [-0.2, -0.15) is 9.29 Å². The summed E-state index contributed by atoms with van der Waals surface area (Å²) in [6.07, 6.45) is 42.3. The predicted octanol–water partition coefficient (Wildman–Crippen LogP) is 10.2. The summed E-state index contributed by atoms with van der Waals surface area (Å²) in [7, 11) is -10.9. The van der Waals surface area contributed by atoms with E-state index in [1.165, 1.54) is 25.3 Å². The van der Waals surface area contributed by atoms with Crippen molar-refractivity contribution in [3.63, 3.8) is 0 Å². The van der Waals surface area contributed by atoms with E-state index in [9.17, 15) is 48.6 Å². The van der Waals surface area contributed by atoms with E-state index in [-0.39, 0.29) is 25.1 Å². The molecule has 21 heteroatoms. The monoisotopic (exact) mass is 1090 g/mol. The number of allylic oxidation sites excluding steroid dienone is 14. The number of hydrogen-bond donors (Lipinski definition) is 6. The molecular weight excluding hydrogens is 1010 g/mol. The van der Waals surface area contributed by atoms with Crippen LogP contribution in [0, 0.1) is 0 Å². The molecule has 2 heterocycles. The quantitative estimate of drug-likeness (QED) is 0.0117. The lowest BCUT2D eigenvalue weighted by molar-refractivity contribution is -0.161. The van der Waals surface area contributed by atoms with Crippen LogP contribution in [-0.2, 0) is 46.3 Å². The molecule has 1 aliphatic rings. The normalized spacial score (nSPS) is 20.0. The molecule has 0 radical (unpaired) electrons. The summed E-state index contributed by atoms with van der Waals surface area (Å²) in [5, 5.41) is 31.0. The number of phosphoric acid groups is 2. The van der Waals surface area contributed by atoms with Gasteiger partial charge in [0.15, 0.2) is 12.3 Å². The molecule has 1 aliphatic heterocycles. The van der Waals surface area contributed by atoms with E-state index in [2.05, 4.69) is 59.6 Å². The van der Waals surface area contributed by atoms with Gasteiger partial charge in [0.25, 0.3) is 0 Å². The van der Waals surface area contributed by atoms with E-state index in [0.29, 0.717) is 25.7 Å². The number of aliphatic hydroxyl groups excluding tert-OH is 3. The molecule has 19 nitrogen and oxygen atoms in total. The maximum absolute atomic E-state index is 12.9. The predicted molar refractivity (Wildman–Crippen MR) is 290 cm³/mol. The van der Waals surface area contributed by atoms with Gasteiger partial charge in [0.05, 0.1) is 19.3 Å². The van der Waals surface area contributed by atoms with Gasteiger partial charge in [0, 0.05) is 19.0 Å². The van der Waals surface area contributed by atoms with Crippen molar-refractivity contribution in [2.75, 3.05) is 25.6 Å². The van der Waals surface area contributed by atoms with Crippen molar-refractivity contribution in [3.8, 4) is 0 Å². The molecule has 1 aromatic rings. The van der Waals surface area contributed by atoms with Gasteiger partial charge < -0.3 is 45.1 Å². The van der Waals surface area contributed by atoms with Gasteiger partial charge in [0.2, 0.25) is 0 Å². The zero-order valence-corrected chi connectivity index (χ0v) is 45.7. The third-order valence-electron chi connectivity index (χ3n) is 11.2. The average molecular weight is 1090 g/mol. The molecule has 1 aromatic heterocycles. The van der Waals surface area contributed by atoms with Crippen molar-refractivity contribution < 1.29 is 71.4 Å². The summed E-state index contributed by atoms with van der Waals surface area (Å²) in [6.45, 7) is 1.86. The van der Waals surface area contributed by atoms with Crippen LogP contribution in [0.15, 0.2) is 114 Å². The third-order valence-corrected chi connectivity index (χ3v) is 13.8. The van der Waals surface area contributed by atoms with Crippen molar-refractivity contribution in [1.82, 2.24) is 9.55 Å². The van der Waals surface area contributed by atoms with E-state index in [0.717, 1.165) is 81.4 Å². The summed E-state index contributed by atoms with van der Waals surface area (Å²) in [5.74, 6) is -1.45. The van der Waals surface area contributed by atoms with Crippen LogP contribution >= 0.6 is 15.6 Å². The molecule has 0 saturated carbocycles. The number of unbranched alkanes of at least 4 members (excludes halogenated alkanes) is 10. The summed E-state index contributed by atoms with van der Waals surface area (Å²) in [4.78, 5) is 62.0. The number of nitrogens with two attached hydrogens (primary N) is 1. The summed E-state index contributed by atoms with van der Waals surface area (Å²) in [6, 6.07) is 1.24. The second-order valence-electron chi connectivity index (χ2n) is 17.8. The van der Waals surface area contributed by atoms with Crippen LogP contribution in [0.4, 0.5) is 5.82 Å². The highest BCUT2D eigenvalue weighted by Crippen LogP contribution is 2.60. The lowest BCUT2D eigenvalue weighted by atomic mass is 10.1. The first-order valence-electron chi connectivity index (χ1n) is 26.4. The van der Waals surface area contributed by atoms with E-state index >= 15 is 0 Å². The Bertz CT molecular complexity index is 2150. The molecule has 3 unspecified atom stereocenters. The Kier molecular flexibility index (Phi) is 36.3. The smallest absolute Gasteiger partial charge is 0.462 e. The molecule has 422 valence electrons. The van der Waals surface area contributed by atoms with Crippen LogP contribution < -0.4 is 11.4 Å². The van der Waals surface area contributed by atoms with Crippen LogP contribution in [0.3, 0.4) is 0 Å². The van der Waals surface area contributed by atoms with Gasteiger partial charge in [-0.15, -0.1) is 0 Å². The molecular formula is C54H85N3O16P2. The number of nitrogens with zero attached hydrogens (tertiary/aromatic N) is 2. The van der Waals surface area contributed by atoms with Crippen LogP contribution in [0.5, 0.6) is 0 Å². The number of carbonyl (C=O) groups excluding carboxylic acids is 2. The van der Waals surface area contributed by atoms with Crippen LogP contribution in [0.1, 0.15) is 155 Å². The number of aliphatic hydroxyl groups is 3. The number of esters is 2. The first-order chi connectivity index (χ1) is 36.1. The first kappa shape index (κ1) is 66.8. The molecule has 75 heavy (non-hydrogen) atoms. The second-order valence-corrected chi connectivity index (χ2v) is 20.9. The fourth-order valence-electron chi connectivity index (χ4n) is 7.16. The fourth-order valence-corrected chi connectivity index (χ4v) is 9.27. The highest BCUT2D eigenvalue weighted by molar-refractivity contribution is 7.61. The van der Waals surface area contributed by atoms with Gasteiger partial charge in [-0.05, 0) is 83.1 Å². The van der Waals surface area contributed by atoms with Crippen molar-refractivity contribution in [2.45, 2.75) is 185 Å². The van der Waals surface area contributed by atoms with Gasteiger partial charge >= 0.3 is 33.3 Å². The molecule has 0 aliphatic carbocycles. The zero-order valence-electron chi connectivity index (χ0n) is 43.9. The Hall–Kier alpha value is -4.36. The van der Waals surface area contributed by atoms with Gasteiger partial charge in [-0.25, -0.2) is 13.9 Å². The van der Waals surface area contributed by atoms with Gasteiger partial charge in [-0.3, -0.25) is 23.2 Å². The van der Waals surface area contributed by atoms with E-state index in [1.54, 1.807) is 12.2 Å². The van der Waals surface area contributed by atoms with Crippen LogP contribution in [0.25, 0.3) is 0 Å². The van der Waals surface area contributed by atoms with Crippen molar-refractivity contribution in [2.24, 2.45) is 0 Å². The molecule has 0 bridgehead atoms. The lowest BCUT2D eigenvalue weighted by Gasteiger charge is -2.21. The average Bonchev–Trinajstić information content (AvgIpc) is 3.64. The van der Waals surface area contributed by atoms with Gasteiger partial charge in [0.1, 0.15) is 30.7 Å². The molecule has 1 fully saturated rings. The number of carbonyl (C=O) groups is 2. The Balaban J connectivity index is 1.84. The molecule has 7 N–H and O–H groups in total. The van der Waals surface area contributed by atoms with Crippen LogP contribution in [-0.4, -0.2) is 96.9 Å². The molecule has 0 amide bonds. The van der Waals surface area contributed by atoms with Crippen LogP contribution in [0.2, 0.25) is 0 Å². The molecule has 0 spiro atoms. The Labute approximate surface area is 443 Å². The third kappa shape index (κ3) is 33.4. The van der Waals surface area contributed by atoms with E-state index < -0.39 is 89.8 Å². The SMILES string of the molecule is CC/C=C\C/C=C\CC(O)/C=C/C=C\C/C=C\C/C=C\CCC(=O)O[C@H](COC(=O)CCCCCCCCC/C=C\C/C=C\CCCCC)COP(=O)(O)OP(=O)(O)OC[C@H]1O[C@@H](n2ccc(N)nc2=O)[C@H](O)[C@@H]1O. The number of rotatable bonds is 42. The molecule has 1 saturated heterocycles. The Morgan fingerprint density at radius 1 is 0.720 bits per heavy atom. The largest absolute Gasteiger partial charge is 0.481 e. The minimum Gasteiger partial charge on any atom is -0.462 e. The maximum Gasteiger partial charge on any atom is 0.481 e. The first-order valence-corrected chi connectivity index (χ1v) is 29.3. The fraction of sp³-hybridized carbons (Fsp3) is 0.593. The molecule has 8 atom stereocenters. The highest BCUT2D eigenvalue weighted by Gasteiger charge is 2.46. The number of anilines is 1. The van der Waals surface area contributed by atoms with Crippen molar-refractivity contribution in [3.05, 3.63) is 120 Å². The van der Waals surface area contributed by atoms with Crippen molar-refractivity contribution >= 4 is 33.4 Å². The molecule has 0 aromatic carbocycles. The number of ether oxygens (including phenoxy) is 3. The Morgan fingerprint density at radius 2 is 1.31 bits per heavy atom. The lowest BCUT2D eigenvalue weighted by Crippen LogP contribution is -2.36. The van der Waals surface area contributed by atoms with Crippen molar-refractivity contribution in [1.29, 1.82) is 0 Å².